The molecule has 2 rings (SSSR count). The number of likely N-dealkylation sites (tertiary alicyclic amines) is 1. The van der Waals surface area contributed by atoms with E-state index in [1.807, 2.05) is 13.0 Å². The minimum Gasteiger partial charge on any atom is -0.357 e. The lowest BCUT2D eigenvalue weighted by atomic mass is 10.1. The molecule has 1 aliphatic heterocycles. The Morgan fingerprint density at radius 3 is 2.72 bits per heavy atom. The molecule has 0 atom stereocenters. The van der Waals surface area contributed by atoms with Gasteiger partial charge in [-0.2, -0.15) is 13.2 Å². The third kappa shape index (κ3) is 9.15. The van der Waals surface area contributed by atoms with Crippen molar-refractivity contribution in [3.05, 3.63) is 30.6 Å². The van der Waals surface area contributed by atoms with Crippen LogP contribution in [0.5, 0.6) is 0 Å². The molecule has 0 aromatic carbocycles. The second-order valence-electron chi connectivity index (χ2n) is 6.46. The number of rotatable bonds is 8. The van der Waals surface area contributed by atoms with E-state index in [-0.39, 0.29) is 29.9 Å². The maximum absolute atomic E-state index is 12.7. The fourth-order valence-corrected chi connectivity index (χ4v) is 2.89. The summed E-state index contributed by atoms with van der Waals surface area (Å²) in [5.41, 5.74) is -0.966. The van der Waals surface area contributed by atoms with Gasteiger partial charge in [-0.05, 0) is 25.8 Å². The zero-order chi connectivity index (χ0) is 20.4. The molecule has 2 heterocycles. The summed E-state index contributed by atoms with van der Waals surface area (Å²) in [4.78, 5) is 14.1. The number of aliphatic imine (C=N–C) groups is 1. The van der Waals surface area contributed by atoms with Gasteiger partial charge in [-0.3, -0.25) is 9.89 Å². The van der Waals surface area contributed by atoms with Crippen molar-refractivity contribution in [3.63, 3.8) is 0 Å². The number of nitrogens with zero attached hydrogens (tertiary/aromatic N) is 4. The summed E-state index contributed by atoms with van der Waals surface area (Å²) in [5.74, 6) is 0.647. The predicted octanol–water partition coefficient (Wildman–Crippen LogP) is 2.73. The van der Waals surface area contributed by atoms with Crippen molar-refractivity contribution in [1.29, 1.82) is 0 Å². The van der Waals surface area contributed by atoms with E-state index in [9.17, 15) is 13.2 Å². The first-order valence-electron chi connectivity index (χ1n) is 9.44. The molecule has 164 valence electrons. The maximum atomic E-state index is 12.7. The SMILES string of the molecule is C=CCN1CCC(NC(=NCCNc2nccc(C(F)(F)F)n2)NCC)CC1.I. The zero-order valence-corrected chi connectivity index (χ0v) is 18.8. The van der Waals surface area contributed by atoms with Gasteiger partial charge in [0.1, 0.15) is 5.69 Å². The average molecular weight is 527 g/mol. The summed E-state index contributed by atoms with van der Waals surface area (Å²) in [6.45, 7) is 10.1. The molecular weight excluding hydrogens is 498 g/mol. The summed E-state index contributed by atoms with van der Waals surface area (Å²) < 4.78 is 38.0. The predicted molar refractivity (Wildman–Crippen MR) is 120 cm³/mol. The monoisotopic (exact) mass is 527 g/mol. The Kier molecular flexibility index (Phi) is 11.2. The number of hydrogen-bond acceptors (Lipinski definition) is 5. The standard InChI is InChI=1S/C18H28F3N7.HI/c1-3-11-28-12-6-14(7-13-28)26-16(22-4-2)24-9-10-25-17-23-8-5-15(27-17)18(19,20)21;/h3,5,8,14H,1,4,6-7,9-13H2,2H3,(H2,22,24,26)(H,23,25,27);1H. The maximum Gasteiger partial charge on any atom is 0.433 e. The first-order valence-corrected chi connectivity index (χ1v) is 9.44. The largest absolute Gasteiger partial charge is 0.433 e. The lowest BCUT2D eigenvalue weighted by Crippen LogP contribution is -2.48. The number of hydrogen-bond donors (Lipinski definition) is 3. The molecule has 1 fully saturated rings. The quantitative estimate of drug-likeness (QED) is 0.159. The molecule has 1 aromatic heterocycles. The van der Waals surface area contributed by atoms with Crippen molar-refractivity contribution in [2.45, 2.75) is 32.0 Å². The fraction of sp³-hybridized carbons (Fsp3) is 0.611. The van der Waals surface area contributed by atoms with Crippen molar-refractivity contribution in [2.75, 3.05) is 44.6 Å². The van der Waals surface area contributed by atoms with Crippen molar-refractivity contribution < 1.29 is 13.2 Å². The molecule has 29 heavy (non-hydrogen) atoms. The Bertz CT molecular complexity index is 647. The van der Waals surface area contributed by atoms with Gasteiger partial charge in [-0.15, -0.1) is 30.6 Å². The Hall–Kier alpha value is -1.63. The number of aromatic nitrogens is 2. The van der Waals surface area contributed by atoms with E-state index < -0.39 is 11.9 Å². The van der Waals surface area contributed by atoms with Crippen LogP contribution in [-0.4, -0.2) is 66.1 Å². The van der Waals surface area contributed by atoms with Crippen LogP contribution in [-0.2, 0) is 6.18 Å². The topological polar surface area (TPSA) is 77.5 Å². The van der Waals surface area contributed by atoms with Crippen LogP contribution in [0.25, 0.3) is 0 Å². The smallest absolute Gasteiger partial charge is 0.357 e. The van der Waals surface area contributed by atoms with Crippen molar-refractivity contribution >= 4 is 35.9 Å². The Morgan fingerprint density at radius 2 is 2.10 bits per heavy atom. The zero-order valence-electron chi connectivity index (χ0n) is 16.5. The van der Waals surface area contributed by atoms with Crippen LogP contribution >= 0.6 is 24.0 Å². The van der Waals surface area contributed by atoms with Gasteiger partial charge in [-0.1, -0.05) is 6.08 Å². The molecule has 0 bridgehead atoms. The molecule has 1 aromatic rings. The molecule has 1 aliphatic rings. The van der Waals surface area contributed by atoms with Crippen LogP contribution in [0.4, 0.5) is 19.1 Å². The summed E-state index contributed by atoms with van der Waals surface area (Å²) in [5, 5.41) is 9.40. The van der Waals surface area contributed by atoms with Gasteiger partial charge in [0, 0.05) is 45.0 Å². The lowest BCUT2D eigenvalue weighted by molar-refractivity contribution is -0.141. The van der Waals surface area contributed by atoms with E-state index in [1.54, 1.807) is 0 Å². The van der Waals surface area contributed by atoms with Crippen LogP contribution in [0.15, 0.2) is 29.9 Å². The third-order valence-electron chi connectivity index (χ3n) is 4.27. The summed E-state index contributed by atoms with van der Waals surface area (Å²) >= 11 is 0. The molecule has 0 unspecified atom stereocenters. The molecule has 11 heteroatoms. The van der Waals surface area contributed by atoms with Gasteiger partial charge < -0.3 is 16.0 Å². The molecule has 3 N–H and O–H groups in total. The molecule has 0 radical (unpaired) electrons. The highest BCUT2D eigenvalue weighted by atomic mass is 127. The van der Waals surface area contributed by atoms with E-state index in [0.717, 1.165) is 51.3 Å². The number of guanidine groups is 1. The minimum absolute atomic E-state index is 0. The molecule has 0 spiro atoms. The number of halogens is 4. The first-order chi connectivity index (χ1) is 13.4. The lowest BCUT2D eigenvalue weighted by Gasteiger charge is -2.32. The number of alkyl halides is 3. The molecule has 1 saturated heterocycles. The highest BCUT2D eigenvalue weighted by molar-refractivity contribution is 14.0. The molecule has 0 amide bonds. The fourth-order valence-electron chi connectivity index (χ4n) is 2.89. The summed E-state index contributed by atoms with van der Waals surface area (Å²) in [7, 11) is 0. The van der Waals surface area contributed by atoms with E-state index >= 15 is 0 Å². The number of piperidine rings is 1. The molecule has 0 aliphatic carbocycles. The molecular formula is C18H29F3IN7. The van der Waals surface area contributed by atoms with Crippen LogP contribution in [0.1, 0.15) is 25.5 Å². The Morgan fingerprint density at radius 1 is 1.38 bits per heavy atom. The van der Waals surface area contributed by atoms with Gasteiger partial charge in [0.2, 0.25) is 5.95 Å². The summed E-state index contributed by atoms with van der Waals surface area (Å²) in [6, 6.07) is 1.19. The van der Waals surface area contributed by atoms with Gasteiger partial charge >= 0.3 is 6.18 Å². The van der Waals surface area contributed by atoms with Gasteiger partial charge in [0.25, 0.3) is 0 Å². The van der Waals surface area contributed by atoms with E-state index in [4.69, 9.17) is 0 Å². The average Bonchev–Trinajstić information content (AvgIpc) is 2.67. The van der Waals surface area contributed by atoms with Crippen molar-refractivity contribution in [3.8, 4) is 0 Å². The third-order valence-corrected chi connectivity index (χ3v) is 4.27. The van der Waals surface area contributed by atoms with Crippen LogP contribution in [0.2, 0.25) is 0 Å². The van der Waals surface area contributed by atoms with Gasteiger partial charge in [-0.25, -0.2) is 9.97 Å². The molecule has 0 saturated carbocycles. The number of nitrogens with one attached hydrogen (secondary N) is 3. The highest BCUT2D eigenvalue weighted by Crippen LogP contribution is 2.27. The highest BCUT2D eigenvalue weighted by Gasteiger charge is 2.32. The van der Waals surface area contributed by atoms with Crippen LogP contribution < -0.4 is 16.0 Å². The second-order valence-corrected chi connectivity index (χ2v) is 6.46. The van der Waals surface area contributed by atoms with E-state index in [0.29, 0.717) is 25.1 Å². The second kappa shape index (κ2) is 12.8. The van der Waals surface area contributed by atoms with Crippen LogP contribution in [0.3, 0.4) is 0 Å². The van der Waals surface area contributed by atoms with Crippen molar-refractivity contribution in [1.82, 2.24) is 25.5 Å². The van der Waals surface area contributed by atoms with E-state index in [1.165, 1.54) is 0 Å². The Balaban J connectivity index is 0.00000420. The van der Waals surface area contributed by atoms with Crippen LogP contribution in [0, 0.1) is 0 Å². The minimum atomic E-state index is -4.49. The van der Waals surface area contributed by atoms with Crippen molar-refractivity contribution in [2.24, 2.45) is 4.99 Å². The van der Waals surface area contributed by atoms with E-state index in [2.05, 4.69) is 42.4 Å². The Labute approximate surface area is 186 Å². The van der Waals surface area contributed by atoms with Gasteiger partial charge in [0.05, 0.1) is 6.54 Å². The first kappa shape index (κ1) is 25.4. The molecule has 7 nitrogen and oxygen atoms in total. The normalized spacial score (nSPS) is 16.1. The van der Waals surface area contributed by atoms with Gasteiger partial charge in [0.15, 0.2) is 5.96 Å². The summed E-state index contributed by atoms with van der Waals surface area (Å²) in [6.07, 6.45) is 0.566. The number of anilines is 1.